The van der Waals surface area contributed by atoms with E-state index in [9.17, 15) is 9.90 Å². The van der Waals surface area contributed by atoms with E-state index in [1.54, 1.807) is 11.3 Å². The molecule has 5 nitrogen and oxygen atoms in total. The number of fused-ring (bicyclic) bond motifs is 2. The molecule has 4 rings (SSSR count). The van der Waals surface area contributed by atoms with Gasteiger partial charge < -0.3 is 15.3 Å². The molecule has 2 aliphatic carbocycles. The van der Waals surface area contributed by atoms with Gasteiger partial charge in [-0.25, -0.2) is 4.98 Å². The second-order valence-corrected chi connectivity index (χ2v) is 11.4. The molecule has 1 fully saturated rings. The molecule has 2 aliphatic rings. The summed E-state index contributed by atoms with van der Waals surface area (Å²) < 4.78 is 0. The number of aliphatic hydroxyl groups excluding tert-OH is 1. The highest BCUT2D eigenvalue weighted by Gasteiger charge is 2.54. The smallest absolute Gasteiger partial charge is 0.225 e. The third-order valence-corrected chi connectivity index (χ3v) is 9.34. The molecule has 1 aromatic heterocycles. The number of amides is 1. The Morgan fingerprint density at radius 2 is 2.00 bits per heavy atom. The van der Waals surface area contributed by atoms with Crippen LogP contribution in [0.4, 0.5) is 5.13 Å². The van der Waals surface area contributed by atoms with Crippen molar-refractivity contribution in [3.8, 4) is 0 Å². The molecule has 0 saturated heterocycles. The molecule has 1 amide bonds. The molecule has 6 atom stereocenters. The van der Waals surface area contributed by atoms with Gasteiger partial charge in [0.25, 0.3) is 0 Å². The Labute approximate surface area is 202 Å². The first-order chi connectivity index (χ1) is 15.8. The average molecular weight is 470 g/mol. The molecule has 1 saturated carbocycles. The number of rotatable bonds is 7. The lowest BCUT2D eigenvalue weighted by Gasteiger charge is -2.53. The van der Waals surface area contributed by atoms with Gasteiger partial charge in [-0.15, -0.1) is 11.3 Å². The van der Waals surface area contributed by atoms with Gasteiger partial charge in [0.1, 0.15) is 0 Å². The van der Waals surface area contributed by atoms with Crippen LogP contribution in [-0.2, 0) is 17.8 Å². The number of benzene rings is 1. The van der Waals surface area contributed by atoms with E-state index < -0.39 is 6.10 Å². The van der Waals surface area contributed by atoms with Crippen molar-refractivity contribution in [1.82, 2.24) is 9.88 Å². The van der Waals surface area contributed by atoms with Crippen molar-refractivity contribution >= 4 is 22.4 Å². The Balaban J connectivity index is 1.52. The molecule has 0 aliphatic heterocycles. The van der Waals surface area contributed by atoms with Crippen LogP contribution in [0.15, 0.2) is 30.3 Å². The summed E-state index contributed by atoms with van der Waals surface area (Å²) in [4.78, 5) is 21.3. The standard InChI is InChI=1S/C27H39N3O2S/c1-6-30(7-2)25(32)17(3)20-13-14-27(5)15-21-23(18(4)22(27)24(20)31)29-26(33-21)28-16-19-11-9-8-10-12-19/h8-12,17-18,20,22,24,31H,6-7,13-16H2,1-5H3,(H,28,29)/t17-,18-,20?,22+,24-,27-/m0/s1. The summed E-state index contributed by atoms with van der Waals surface area (Å²) in [7, 11) is 0. The van der Waals surface area contributed by atoms with E-state index in [1.165, 1.54) is 10.4 Å². The Kier molecular flexibility index (Phi) is 7.15. The molecule has 2 N–H and O–H groups in total. The molecular weight excluding hydrogens is 430 g/mol. The maximum absolute atomic E-state index is 13.1. The van der Waals surface area contributed by atoms with E-state index in [0.717, 1.165) is 49.7 Å². The molecule has 1 heterocycles. The van der Waals surface area contributed by atoms with Crippen LogP contribution in [0.2, 0.25) is 0 Å². The van der Waals surface area contributed by atoms with Gasteiger partial charge in [0.2, 0.25) is 5.91 Å². The highest BCUT2D eigenvalue weighted by Crippen LogP contribution is 2.57. The maximum atomic E-state index is 13.1. The van der Waals surface area contributed by atoms with Crippen LogP contribution in [-0.4, -0.2) is 40.1 Å². The van der Waals surface area contributed by atoms with Crippen molar-refractivity contribution in [2.75, 3.05) is 18.4 Å². The molecule has 2 aromatic rings. The van der Waals surface area contributed by atoms with Gasteiger partial charge in [0, 0.05) is 36.3 Å². The SMILES string of the molecule is CCN(CC)C(=O)[C@@H](C)C1CC[C@@]2(C)Cc3sc(NCc4ccccc4)nc3[C@@H](C)[C@@H]2[C@H]1O. The molecule has 1 aromatic carbocycles. The van der Waals surface area contributed by atoms with Gasteiger partial charge in [-0.3, -0.25) is 4.79 Å². The third kappa shape index (κ3) is 4.57. The molecule has 0 radical (unpaired) electrons. The quantitative estimate of drug-likeness (QED) is 0.577. The highest BCUT2D eigenvalue weighted by atomic mass is 32.1. The third-order valence-electron chi connectivity index (χ3n) is 8.32. The lowest BCUT2D eigenvalue weighted by Crippen LogP contribution is -2.53. The van der Waals surface area contributed by atoms with Crippen LogP contribution < -0.4 is 5.32 Å². The number of anilines is 1. The second kappa shape index (κ2) is 9.75. The number of hydrogen-bond acceptors (Lipinski definition) is 5. The Morgan fingerprint density at radius 3 is 2.67 bits per heavy atom. The Morgan fingerprint density at radius 1 is 1.30 bits per heavy atom. The first kappa shape index (κ1) is 24.2. The summed E-state index contributed by atoms with van der Waals surface area (Å²) in [5, 5.41) is 16.1. The van der Waals surface area contributed by atoms with Crippen molar-refractivity contribution in [3.63, 3.8) is 0 Å². The fraction of sp³-hybridized carbons (Fsp3) is 0.630. The van der Waals surface area contributed by atoms with Crippen LogP contribution in [0.25, 0.3) is 0 Å². The molecule has 180 valence electrons. The molecule has 0 bridgehead atoms. The van der Waals surface area contributed by atoms with Crippen LogP contribution >= 0.6 is 11.3 Å². The zero-order chi connectivity index (χ0) is 23.8. The van der Waals surface area contributed by atoms with Gasteiger partial charge in [-0.1, -0.05) is 51.1 Å². The number of hydrogen-bond donors (Lipinski definition) is 2. The summed E-state index contributed by atoms with van der Waals surface area (Å²) in [5.74, 6) is 0.333. The van der Waals surface area contributed by atoms with Crippen LogP contribution in [0, 0.1) is 23.2 Å². The summed E-state index contributed by atoms with van der Waals surface area (Å²) >= 11 is 1.77. The number of aliphatic hydroxyl groups is 1. The largest absolute Gasteiger partial charge is 0.392 e. The van der Waals surface area contributed by atoms with Crippen molar-refractivity contribution in [2.45, 2.75) is 72.4 Å². The normalized spacial score (nSPS) is 29.6. The molecular formula is C27H39N3O2S. The van der Waals surface area contributed by atoms with E-state index in [2.05, 4.69) is 43.4 Å². The zero-order valence-corrected chi connectivity index (χ0v) is 21.5. The average Bonchev–Trinajstić information content (AvgIpc) is 3.21. The second-order valence-electron chi connectivity index (χ2n) is 10.3. The Bertz CT molecular complexity index is 958. The fourth-order valence-corrected chi connectivity index (χ4v) is 7.66. The van der Waals surface area contributed by atoms with Gasteiger partial charge >= 0.3 is 0 Å². The monoisotopic (exact) mass is 469 g/mol. The van der Waals surface area contributed by atoms with E-state index >= 15 is 0 Å². The van der Waals surface area contributed by atoms with E-state index in [4.69, 9.17) is 4.98 Å². The van der Waals surface area contributed by atoms with Crippen molar-refractivity contribution in [1.29, 1.82) is 0 Å². The van der Waals surface area contributed by atoms with Crippen molar-refractivity contribution < 1.29 is 9.90 Å². The van der Waals surface area contributed by atoms with Crippen LogP contribution in [0.3, 0.4) is 0 Å². The van der Waals surface area contributed by atoms with Gasteiger partial charge in [0.15, 0.2) is 5.13 Å². The first-order valence-corrected chi connectivity index (χ1v) is 13.3. The molecule has 6 heteroatoms. The fourth-order valence-electron chi connectivity index (χ4n) is 6.40. The van der Waals surface area contributed by atoms with E-state index in [0.29, 0.717) is 0 Å². The van der Waals surface area contributed by atoms with Gasteiger partial charge in [-0.05, 0) is 55.9 Å². The summed E-state index contributed by atoms with van der Waals surface area (Å²) in [6, 6.07) is 10.4. The molecule has 0 spiro atoms. The minimum absolute atomic E-state index is 0.00878. The minimum Gasteiger partial charge on any atom is -0.392 e. The Hall–Kier alpha value is -1.92. The number of aromatic nitrogens is 1. The van der Waals surface area contributed by atoms with Crippen LogP contribution in [0.5, 0.6) is 0 Å². The van der Waals surface area contributed by atoms with Gasteiger partial charge in [0.05, 0.1) is 11.8 Å². The van der Waals surface area contributed by atoms with Crippen LogP contribution in [0.1, 0.15) is 69.5 Å². The predicted molar refractivity (Wildman–Crippen MR) is 135 cm³/mol. The number of carbonyl (C=O) groups excluding carboxylic acids is 1. The zero-order valence-electron chi connectivity index (χ0n) is 20.7. The topological polar surface area (TPSA) is 65.5 Å². The van der Waals surface area contributed by atoms with Crippen molar-refractivity contribution in [3.05, 3.63) is 46.5 Å². The number of thiazole rings is 1. The number of carbonyl (C=O) groups is 1. The lowest BCUT2D eigenvalue weighted by atomic mass is 9.53. The van der Waals surface area contributed by atoms with Crippen molar-refractivity contribution in [2.24, 2.45) is 23.2 Å². The molecule has 33 heavy (non-hydrogen) atoms. The summed E-state index contributed by atoms with van der Waals surface area (Å²) in [6.45, 7) is 12.8. The first-order valence-electron chi connectivity index (χ1n) is 12.5. The van der Waals surface area contributed by atoms with Gasteiger partial charge in [-0.2, -0.15) is 0 Å². The number of nitrogens with zero attached hydrogens (tertiary/aromatic N) is 2. The number of nitrogens with one attached hydrogen (secondary N) is 1. The lowest BCUT2D eigenvalue weighted by molar-refractivity contribution is -0.144. The summed E-state index contributed by atoms with van der Waals surface area (Å²) in [6.07, 6.45) is 2.43. The minimum atomic E-state index is -0.483. The van der Waals surface area contributed by atoms with E-state index in [1.807, 2.05) is 31.7 Å². The summed E-state index contributed by atoms with van der Waals surface area (Å²) in [5.41, 5.74) is 2.42. The maximum Gasteiger partial charge on any atom is 0.225 e. The van der Waals surface area contributed by atoms with E-state index in [-0.39, 0.29) is 35.0 Å². The predicted octanol–water partition coefficient (Wildman–Crippen LogP) is 5.31. The molecule has 1 unspecified atom stereocenters. The highest BCUT2D eigenvalue weighted by molar-refractivity contribution is 7.15.